The van der Waals surface area contributed by atoms with E-state index in [4.69, 9.17) is 10.5 Å². The van der Waals surface area contributed by atoms with Crippen LogP contribution in [0, 0.1) is 0 Å². The Morgan fingerprint density at radius 3 is 2.75 bits per heavy atom. The normalized spacial score (nSPS) is 20.4. The molecule has 20 heavy (non-hydrogen) atoms. The molecule has 1 fully saturated rings. The molecule has 2 atom stereocenters. The van der Waals surface area contributed by atoms with Gasteiger partial charge in [0.2, 0.25) is 0 Å². The van der Waals surface area contributed by atoms with Crippen molar-refractivity contribution in [1.29, 1.82) is 0 Å². The summed E-state index contributed by atoms with van der Waals surface area (Å²) >= 11 is 0. The van der Waals surface area contributed by atoms with Gasteiger partial charge in [0.1, 0.15) is 0 Å². The van der Waals surface area contributed by atoms with E-state index >= 15 is 0 Å². The van der Waals surface area contributed by atoms with Gasteiger partial charge < -0.3 is 10.5 Å². The summed E-state index contributed by atoms with van der Waals surface area (Å²) in [6, 6.07) is 11.1. The van der Waals surface area contributed by atoms with Crippen LogP contribution in [0.5, 0.6) is 0 Å². The molecule has 0 radical (unpaired) electrons. The first-order chi connectivity index (χ1) is 9.83. The highest BCUT2D eigenvalue weighted by molar-refractivity contribution is 5.14. The van der Waals surface area contributed by atoms with Crippen molar-refractivity contribution in [3.05, 3.63) is 35.9 Å². The van der Waals surface area contributed by atoms with E-state index in [0.717, 1.165) is 39.1 Å². The molecule has 0 saturated carbocycles. The molecule has 1 aromatic carbocycles. The average Bonchev–Trinajstić information content (AvgIpc) is 3.00. The van der Waals surface area contributed by atoms with E-state index in [1.165, 1.54) is 18.4 Å². The number of hydrogen-bond donors (Lipinski definition) is 1. The monoisotopic (exact) mass is 276 g/mol. The first kappa shape index (κ1) is 15.5. The summed E-state index contributed by atoms with van der Waals surface area (Å²) in [4.78, 5) is 2.50. The largest absolute Gasteiger partial charge is 0.377 e. The summed E-state index contributed by atoms with van der Waals surface area (Å²) in [7, 11) is 0. The fraction of sp³-hybridized carbons (Fsp3) is 0.647. The van der Waals surface area contributed by atoms with Gasteiger partial charge in [0.25, 0.3) is 0 Å². The Hall–Kier alpha value is -0.900. The highest BCUT2D eigenvalue weighted by Gasteiger charge is 2.22. The fourth-order valence-electron chi connectivity index (χ4n) is 3.01. The summed E-state index contributed by atoms with van der Waals surface area (Å²) in [6.07, 6.45) is 5.05. The molecule has 0 aliphatic carbocycles. The summed E-state index contributed by atoms with van der Waals surface area (Å²) in [5.74, 6) is 0. The van der Waals surface area contributed by atoms with Crippen LogP contribution in [0.4, 0.5) is 0 Å². The first-order valence-corrected chi connectivity index (χ1v) is 7.93. The maximum absolute atomic E-state index is 6.01. The zero-order chi connectivity index (χ0) is 14.2. The Balaban J connectivity index is 1.84. The van der Waals surface area contributed by atoms with Crippen LogP contribution in [0.15, 0.2) is 30.3 Å². The maximum atomic E-state index is 6.01. The van der Waals surface area contributed by atoms with E-state index in [-0.39, 0.29) is 0 Å². The van der Waals surface area contributed by atoms with Gasteiger partial charge in [-0.05, 0) is 37.8 Å². The van der Waals surface area contributed by atoms with E-state index in [9.17, 15) is 0 Å². The van der Waals surface area contributed by atoms with Crippen LogP contribution in [0.3, 0.4) is 0 Å². The molecule has 3 heteroatoms. The summed E-state index contributed by atoms with van der Waals surface area (Å²) in [5.41, 5.74) is 7.41. The zero-order valence-corrected chi connectivity index (χ0v) is 12.6. The molecule has 1 saturated heterocycles. The van der Waals surface area contributed by atoms with Crippen LogP contribution >= 0.6 is 0 Å². The summed E-state index contributed by atoms with van der Waals surface area (Å²) < 4.78 is 5.76. The highest BCUT2D eigenvalue weighted by Crippen LogP contribution is 2.16. The standard InChI is InChI=1S/C17H28N2O/c1-2-19(14-17-9-6-12-20-17)16(13-18)11-10-15-7-4-3-5-8-15/h3-5,7-8,16-17H,2,6,9-14,18H2,1H3. The molecular weight excluding hydrogens is 248 g/mol. The lowest BCUT2D eigenvalue weighted by atomic mass is 10.0. The number of nitrogens with zero attached hydrogens (tertiary/aromatic N) is 1. The van der Waals surface area contributed by atoms with Crippen LogP contribution in [-0.2, 0) is 11.2 Å². The van der Waals surface area contributed by atoms with Gasteiger partial charge in [-0.1, -0.05) is 37.3 Å². The molecule has 112 valence electrons. The van der Waals surface area contributed by atoms with Gasteiger partial charge in [-0.15, -0.1) is 0 Å². The molecule has 0 bridgehead atoms. The molecule has 1 aliphatic heterocycles. The third kappa shape index (κ3) is 4.58. The lowest BCUT2D eigenvalue weighted by molar-refractivity contribution is 0.0588. The molecule has 2 unspecified atom stereocenters. The third-order valence-corrected chi connectivity index (χ3v) is 4.27. The van der Waals surface area contributed by atoms with Gasteiger partial charge in [0.15, 0.2) is 0 Å². The van der Waals surface area contributed by atoms with Gasteiger partial charge in [-0.25, -0.2) is 0 Å². The number of rotatable bonds is 8. The first-order valence-electron chi connectivity index (χ1n) is 7.93. The van der Waals surface area contributed by atoms with Crippen LogP contribution in [0.2, 0.25) is 0 Å². The molecule has 1 aromatic rings. The number of benzene rings is 1. The fourth-order valence-corrected chi connectivity index (χ4v) is 3.01. The van der Waals surface area contributed by atoms with Crippen molar-refractivity contribution in [2.75, 3.05) is 26.2 Å². The number of hydrogen-bond acceptors (Lipinski definition) is 3. The molecule has 2 rings (SSSR count). The van der Waals surface area contributed by atoms with Crippen molar-refractivity contribution >= 4 is 0 Å². The van der Waals surface area contributed by atoms with E-state index in [1.807, 2.05) is 0 Å². The molecular formula is C17H28N2O. The molecule has 0 amide bonds. The molecule has 1 heterocycles. The van der Waals surface area contributed by atoms with Crippen molar-refractivity contribution in [1.82, 2.24) is 4.90 Å². The minimum absolute atomic E-state index is 0.417. The van der Waals surface area contributed by atoms with E-state index in [2.05, 4.69) is 42.2 Å². The van der Waals surface area contributed by atoms with Crippen LogP contribution in [0.1, 0.15) is 31.7 Å². The van der Waals surface area contributed by atoms with Gasteiger partial charge in [-0.2, -0.15) is 0 Å². The number of aryl methyl sites for hydroxylation is 1. The Bertz CT molecular complexity index is 363. The second-order valence-electron chi connectivity index (χ2n) is 5.64. The highest BCUT2D eigenvalue weighted by atomic mass is 16.5. The second-order valence-corrected chi connectivity index (χ2v) is 5.64. The summed E-state index contributed by atoms with van der Waals surface area (Å²) in [5, 5.41) is 0. The molecule has 2 N–H and O–H groups in total. The summed E-state index contributed by atoms with van der Waals surface area (Å²) in [6.45, 7) is 5.97. The van der Waals surface area contributed by atoms with E-state index < -0.39 is 0 Å². The predicted molar refractivity (Wildman–Crippen MR) is 83.8 cm³/mol. The van der Waals surface area contributed by atoms with Crippen molar-refractivity contribution < 1.29 is 4.74 Å². The molecule has 1 aliphatic rings. The quantitative estimate of drug-likeness (QED) is 0.792. The maximum Gasteiger partial charge on any atom is 0.0702 e. The van der Waals surface area contributed by atoms with Crippen molar-refractivity contribution in [3.8, 4) is 0 Å². The van der Waals surface area contributed by atoms with Crippen LogP contribution in [0.25, 0.3) is 0 Å². The Kier molecular flexibility index (Phi) is 6.51. The Morgan fingerprint density at radius 2 is 2.15 bits per heavy atom. The van der Waals surface area contributed by atoms with Gasteiger partial charge in [0.05, 0.1) is 6.10 Å². The van der Waals surface area contributed by atoms with Crippen molar-refractivity contribution in [2.24, 2.45) is 5.73 Å². The SMILES string of the molecule is CCN(CC1CCCO1)C(CN)CCc1ccccc1. The topological polar surface area (TPSA) is 38.5 Å². The van der Waals surface area contributed by atoms with Gasteiger partial charge >= 0.3 is 0 Å². The van der Waals surface area contributed by atoms with Crippen LogP contribution < -0.4 is 5.73 Å². The van der Waals surface area contributed by atoms with Gasteiger partial charge in [-0.3, -0.25) is 4.90 Å². The number of nitrogens with two attached hydrogens (primary N) is 1. The van der Waals surface area contributed by atoms with E-state index in [1.54, 1.807) is 0 Å². The molecule has 3 nitrogen and oxygen atoms in total. The predicted octanol–water partition coefficient (Wildman–Crippen LogP) is 2.45. The van der Waals surface area contributed by atoms with Gasteiger partial charge in [0, 0.05) is 25.7 Å². The smallest absolute Gasteiger partial charge is 0.0702 e. The number of likely N-dealkylation sites (N-methyl/N-ethyl adjacent to an activating group) is 1. The van der Waals surface area contributed by atoms with Crippen LogP contribution in [-0.4, -0.2) is 43.3 Å². The second kappa shape index (κ2) is 8.40. The minimum atomic E-state index is 0.417. The lowest BCUT2D eigenvalue weighted by Crippen LogP contribution is -2.44. The average molecular weight is 276 g/mol. The molecule has 0 aromatic heterocycles. The Morgan fingerprint density at radius 1 is 1.35 bits per heavy atom. The number of ether oxygens (including phenoxy) is 1. The third-order valence-electron chi connectivity index (χ3n) is 4.27. The zero-order valence-electron chi connectivity index (χ0n) is 12.6. The molecule has 0 spiro atoms. The Labute approximate surface area is 123 Å². The van der Waals surface area contributed by atoms with E-state index in [0.29, 0.717) is 12.1 Å². The van der Waals surface area contributed by atoms with Crippen molar-refractivity contribution in [3.63, 3.8) is 0 Å². The lowest BCUT2D eigenvalue weighted by Gasteiger charge is -2.31. The minimum Gasteiger partial charge on any atom is -0.377 e. The van der Waals surface area contributed by atoms with Crippen molar-refractivity contribution in [2.45, 2.75) is 44.8 Å².